The van der Waals surface area contributed by atoms with Crippen molar-refractivity contribution in [3.63, 3.8) is 0 Å². The molecule has 0 bridgehead atoms. The standard InChI is InChI=1S/C14H12BrF2NOS/c1-20-13-4-2-3-11(9(13)7-18)19-12-6-8(15)5-10(16)14(12)17/h2-6H,7,18H2,1H3. The molecule has 6 heteroatoms. The van der Waals surface area contributed by atoms with Gasteiger partial charge in [0.1, 0.15) is 5.75 Å². The van der Waals surface area contributed by atoms with Crippen LogP contribution < -0.4 is 10.5 Å². The van der Waals surface area contributed by atoms with E-state index in [0.29, 0.717) is 10.2 Å². The molecule has 106 valence electrons. The first kappa shape index (κ1) is 15.3. The van der Waals surface area contributed by atoms with Crippen molar-refractivity contribution in [3.05, 3.63) is 52.0 Å². The van der Waals surface area contributed by atoms with Crippen LogP contribution in [0.2, 0.25) is 0 Å². The summed E-state index contributed by atoms with van der Waals surface area (Å²) in [4.78, 5) is 0.945. The minimum absolute atomic E-state index is 0.176. The van der Waals surface area contributed by atoms with Crippen LogP contribution in [0.1, 0.15) is 5.56 Å². The summed E-state index contributed by atoms with van der Waals surface area (Å²) in [6.45, 7) is 0.254. The highest BCUT2D eigenvalue weighted by atomic mass is 79.9. The van der Waals surface area contributed by atoms with Gasteiger partial charge in [0, 0.05) is 21.5 Å². The average molecular weight is 360 g/mol. The fraction of sp³-hybridized carbons (Fsp3) is 0.143. The number of ether oxygens (including phenoxy) is 1. The van der Waals surface area contributed by atoms with Crippen LogP contribution in [0, 0.1) is 11.6 Å². The van der Waals surface area contributed by atoms with E-state index in [4.69, 9.17) is 10.5 Å². The van der Waals surface area contributed by atoms with E-state index in [1.54, 1.807) is 12.1 Å². The molecular formula is C14H12BrF2NOS. The number of benzene rings is 2. The van der Waals surface area contributed by atoms with Crippen molar-refractivity contribution in [3.8, 4) is 11.5 Å². The Kier molecular flexibility index (Phi) is 5.01. The fourth-order valence-electron chi connectivity index (χ4n) is 1.76. The van der Waals surface area contributed by atoms with Crippen molar-refractivity contribution in [2.75, 3.05) is 6.26 Å². The smallest absolute Gasteiger partial charge is 0.201 e. The molecule has 0 spiro atoms. The van der Waals surface area contributed by atoms with Gasteiger partial charge in [0.05, 0.1) is 0 Å². The molecule has 2 aromatic rings. The Morgan fingerprint density at radius 3 is 2.65 bits per heavy atom. The van der Waals surface area contributed by atoms with E-state index in [9.17, 15) is 8.78 Å². The van der Waals surface area contributed by atoms with Gasteiger partial charge < -0.3 is 10.5 Å². The average Bonchev–Trinajstić information content (AvgIpc) is 2.43. The lowest BCUT2D eigenvalue weighted by Crippen LogP contribution is -2.02. The van der Waals surface area contributed by atoms with Gasteiger partial charge in [0.25, 0.3) is 0 Å². The summed E-state index contributed by atoms with van der Waals surface area (Å²) in [5.74, 6) is -1.74. The highest BCUT2D eigenvalue weighted by Gasteiger charge is 2.15. The van der Waals surface area contributed by atoms with Gasteiger partial charge in [0.15, 0.2) is 11.6 Å². The van der Waals surface area contributed by atoms with Crippen LogP contribution in [-0.2, 0) is 6.54 Å². The third-order valence-corrected chi connectivity index (χ3v) is 3.97. The van der Waals surface area contributed by atoms with Crippen molar-refractivity contribution in [2.24, 2.45) is 5.73 Å². The molecule has 2 rings (SSSR count). The van der Waals surface area contributed by atoms with Gasteiger partial charge in [-0.25, -0.2) is 4.39 Å². The van der Waals surface area contributed by atoms with E-state index < -0.39 is 11.6 Å². The predicted octanol–water partition coefficient (Wildman–Crippen LogP) is 4.70. The first-order valence-corrected chi connectivity index (χ1v) is 7.77. The van der Waals surface area contributed by atoms with Gasteiger partial charge >= 0.3 is 0 Å². The molecule has 0 aromatic heterocycles. The maximum absolute atomic E-state index is 13.7. The maximum atomic E-state index is 13.7. The van der Waals surface area contributed by atoms with E-state index in [1.165, 1.54) is 17.8 Å². The van der Waals surface area contributed by atoms with Gasteiger partial charge in [-0.15, -0.1) is 11.8 Å². The number of nitrogens with two attached hydrogens (primary N) is 1. The summed E-state index contributed by atoms with van der Waals surface area (Å²) in [6, 6.07) is 7.79. The summed E-state index contributed by atoms with van der Waals surface area (Å²) < 4.78 is 33.0. The number of halogens is 3. The Labute approximate surface area is 128 Å². The number of hydrogen-bond donors (Lipinski definition) is 1. The molecule has 0 saturated heterocycles. The minimum atomic E-state index is -1.02. The van der Waals surface area contributed by atoms with Crippen molar-refractivity contribution >= 4 is 27.7 Å². The molecule has 0 unspecified atom stereocenters. The van der Waals surface area contributed by atoms with E-state index in [-0.39, 0.29) is 12.3 Å². The molecule has 0 aliphatic carbocycles. The van der Waals surface area contributed by atoms with Crippen molar-refractivity contribution < 1.29 is 13.5 Å². The van der Waals surface area contributed by atoms with Gasteiger partial charge in [0.2, 0.25) is 5.82 Å². The molecule has 0 fully saturated rings. The summed E-state index contributed by atoms with van der Waals surface area (Å²) in [5.41, 5.74) is 6.47. The molecule has 2 N–H and O–H groups in total. The highest BCUT2D eigenvalue weighted by Crippen LogP contribution is 2.34. The normalized spacial score (nSPS) is 10.7. The van der Waals surface area contributed by atoms with Crippen molar-refractivity contribution in [1.82, 2.24) is 0 Å². The summed E-state index contributed by atoms with van der Waals surface area (Å²) >= 11 is 4.63. The van der Waals surface area contributed by atoms with Crippen LogP contribution in [0.4, 0.5) is 8.78 Å². The second kappa shape index (κ2) is 6.56. The van der Waals surface area contributed by atoms with Crippen LogP contribution >= 0.6 is 27.7 Å². The molecule has 0 amide bonds. The second-order valence-electron chi connectivity index (χ2n) is 3.94. The van der Waals surface area contributed by atoms with Crippen LogP contribution in [0.15, 0.2) is 39.7 Å². The van der Waals surface area contributed by atoms with E-state index in [0.717, 1.165) is 16.5 Å². The van der Waals surface area contributed by atoms with Gasteiger partial charge in [-0.1, -0.05) is 22.0 Å². The van der Waals surface area contributed by atoms with Crippen LogP contribution in [0.25, 0.3) is 0 Å². The van der Waals surface area contributed by atoms with Crippen LogP contribution in [0.3, 0.4) is 0 Å². The lowest BCUT2D eigenvalue weighted by Gasteiger charge is -2.14. The lowest BCUT2D eigenvalue weighted by molar-refractivity contribution is 0.411. The predicted molar refractivity (Wildman–Crippen MR) is 80.2 cm³/mol. The second-order valence-corrected chi connectivity index (χ2v) is 5.71. The topological polar surface area (TPSA) is 35.2 Å². The number of hydrogen-bond acceptors (Lipinski definition) is 3. The molecule has 0 saturated carbocycles. The molecule has 0 atom stereocenters. The van der Waals surface area contributed by atoms with Gasteiger partial charge in [-0.2, -0.15) is 4.39 Å². The fourth-order valence-corrected chi connectivity index (χ4v) is 2.81. The molecule has 2 aromatic carbocycles. The third-order valence-electron chi connectivity index (χ3n) is 2.69. The lowest BCUT2D eigenvalue weighted by atomic mass is 10.2. The Bertz CT molecular complexity index is 637. The zero-order valence-electron chi connectivity index (χ0n) is 10.6. The molecule has 0 aliphatic rings. The molecule has 0 heterocycles. The largest absolute Gasteiger partial charge is 0.454 e. The Balaban J connectivity index is 2.45. The zero-order valence-corrected chi connectivity index (χ0v) is 13.0. The quantitative estimate of drug-likeness (QED) is 0.634. The molecular weight excluding hydrogens is 348 g/mol. The molecule has 20 heavy (non-hydrogen) atoms. The van der Waals surface area contributed by atoms with Crippen LogP contribution in [-0.4, -0.2) is 6.26 Å². The highest BCUT2D eigenvalue weighted by molar-refractivity contribution is 9.10. The number of rotatable bonds is 4. The Hall–Kier alpha value is -1.11. The van der Waals surface area contributed by atoms with Gasteiger partial charge in [-0.05, 0) is 30.5 Å². The monoisotopic (exact) mass is 359 g/mol. The Morgan fingerprint density at radius 2 is 2.00 bits per heavy atom. The first-order valence-electron chi connectivity index (χ1n) is 5.75. The van der Waals surface area contributed by atoms with E-state index in [2.05, 4.69) is 15.9 Å². The number of thioether (sulfide) groups is 1. The molecule has 2 nitrogen and oxygen atoms in total. The van der Waals surface area contributed by atoms with E-state index in [1.807, 2.05) is 12.3 Å². The van der Waals surface area contributed by atoms with Gasteiger partial charge in [-0.3, -0.25) is 0 Å². The Morgan fingerprint density at radius 1 is 1.25 bits per heavy atom. The van der Waals surface area contributed by atoms with E-state index >= 15 is 0 Å². The maximum Gasteiger partial charge on any atom is 0.201 e. The first-order chi connectivity index (χ1) is 9.56. The summed E-state index contributed by atoms with van der Waals surface area (Å²) in [7, 11) is 0. The summed E-state index contributed by atoms with van der Waals surface area (Å²) in [6.07, 6.45) is 1.91. The summed E-state index contributed by atoms with van der Waals surface area (Å²) in [5, 5.41) is 0. The zero-order chi connectivity index (χ0) is 14.7. The SMILES string of the molecule is CSc1cccc(Oc2cc(Br)cc(F)c2F)c1CN. The van der Waals surface area contributed by atoms with Crippen LogP contribution in [0.5, 0.6) is 11.5 Å². The molecule has 0 aliphatic heterocycles. The molecule has 0 radical (unpaired) electrons. The van der Waals surface area contributed by atoms with Crippen molar-refractivity contribution in [2.45, 2.75) is 11.4 Å². The minimum Gasteiger partial charge on any atom is -0.454 e. The van der Waals surface area contributed by atoms with Crippen molar-refractivity contribution in [1.29, 1.82) is 0 Å². The third kappa shape index (κ3) is 3.13.